The van der Waals surface area contributed by atoms with Gasteiger partial charge in [-0.1, -0.05) is 30.3 Å². The Balaban J connectivity index is 1.81. The number of anilines is 1. The molecule has 0 aliphatic carbocycles. The topological polar surface area (TPSA) is 65.4 Å². The van der Waals surface area contributed by atoms with Crippen molar-refractivity contribution in [3.63, 3.8) is 0 Å². The van der Waals surface area contributed by atoms with Crippen LogP contribution < -0.4 is 14.8 Å². The highest BCUT2D eigenvalue weighted by atomic mass is 16.5. The molecule has 0 fully saturated rings. The number of amides is 1. The number of aryl methyl sites for hydroxylation is 1. The van der Waals surface area contributed by atoms with Gasteiger partial charge in [0.25, 0.3) is 5.91 Å². The van der Waals surface area contributed by atoms with Crippen molar-refractivity contribution in [1.82, 2.24) is 9.78 Å². The molecule has 1 heterocycles. The van der Waals surface area contributed by atoms with E-state index in [1.54, 1.807) is 25.3 Å². The van der Waals surface area contributed by atoms with Crippen LogP contribution in [0, 0.1) is 13.8 Å². The molecule has 0 aliphatic heterocycles. The minimum Gasteiger partial charge on any atom is -0.493 e. The molecule has 0 atom stereocenters. The molecule has 0 aliphatic rings. The predicted octanol–water partition coefficient (Wildman–Crippen LogP) is 4.21. The molecule has 3 aromatic rings. The van der Waals surface area contributed by atoms with Crippen molar-refractivity contribution in [2.45, 2.75) is 27.3 Å². The van der Waals surface area contributed by atoms with Gasteiger partial charge in [-0.25, -0.2) is 0 Å². The van der Waals surface area contributed by atoms with E-state index in [2.05, 4.69) is 10.4 Å². The van der Waals surface area contributed by atoms with Gasteiger partial charge in [-0.05, 0) is 38.5 Å². The van der Waals surface area contributed by atoms with Crippen molar-refractivity contribution in [2.24, 2.45) is 0 Å². The zero-order valence-electron chi connectivity index (χ0n) is 16.7. The molecule has 0 saturated carbocycles. The number of nitrogens with one attached hydrogen (secondary N) is 1. The van der Waals surface area contributed by atoms with Crippen molar-refractivity contribution in [3.05, 3.63) is 71.0 Å². The Morgan fingerprint density at radius 1 is 1.11 bits per heavy atom. The van der Waals surface area contributed by atoms with Crippen LogP contribution in [0.25, 0.3) is 0 Å². The molecular formula is C22H25N3O3. The molecule has 1 aromatic heterocycles. The summed E-state index contributed by atoms with van der Waals surface area (Å²) in [5.41, 5.74) is 3.89. The third-order valence-corrected chi connectivity index (χ3v) is 4.51. The molecule has 0 bridgehead atoms. The van der Waals surface area contributed by atoms with Crippen LogP contribution in [0.15, 0.2) is 48.5 Å². The smallest absolute Gasteiger partial charge is 0.259 e. The van der Waals surface area contributed by atoms with Gasteiger partial charge in [-0.2, -0.15) is 5.10 Å². The molecule has 6 nitrogen and oxygen atoms in total. The van der Waals surface area contributed by atoms with Crippen molar-refractivity contribution in [1.29, 1.82) is 0 Å². The number of benzene rings is 2. The van der Waals surface area contributed by atoms with E-state index < -0.39 is 0 Å². The highest BCUT2D eigenvalue weighted by Gasteiger charge is 2.19. The fourth-order valence-electron chi connectivity index (χ4n) is 3.15. The fourth-order valence-corrected chi connectivity index (χ4v) is 3.15. The van der Waals surface area contributed by atoms with Gasteiger partial charge in [0.1, 0.15) is 0 Å². The minimum atomic E-state index is -0.194. The molecular weight excluding hydrogens is 354 g/mol. The van der Waals surface area contributed by atoms with Crippen molar-refractivity contribution in [3.8, 4) is 11.5 Å². The zero-order chi connectivity index (χ0) is 20.1. The zero-order valence-corrected chi connectivity index (χ0v) is 16.7. The summed E-state index contributed by atoms with van der Waals surface area (Å²) in [4.78, 5) is 12.9. The number of hydrogen-bond acceptors (Lipinski definition) is 4. The highest BCUT2D eigenvalue weighted by molar-refractivity contribution is 6.06. The maximum atomic E-state index is 12.9. The van der Waals surface area contributed by atoms with E-state index in [0.29, 0.717) is 41.6 Å². The number of ether oxygens (including phenoxy) is 2. The fraction of sp³-hybridized carbons (Fsp3) is 0.273. The Kier molecular flexibility index (Phi) is 5.99. The quantitative estimate of drug-likeness (QED) is 0.668. The standard InChI is InChI=1S/C22H25N3O3/c1-5-28-19-12-11-18(13-20(19)27-4)23-22(26)21-15(2)24-25(16(21)3)14-17-9-7-6-8-10-17/h6-13H,5,14H2,1-4H3,(H,23,26). The van der Waals surface area contributed by atoms with Crippen LogP contribution in [-0.4, -0.2) is 29.4 Å². The second-order valence-corrected chi connectivity index (χ2v) is 6.44. The van der Waals surface area contributed by atoms with E-state index >= 15 is 0 Å². The van der Waals surface area contributed by atoms with Crippen LogP contribution in [0.2, 0.25) is 0 Å². The molecule has 0 spiro atoms. The van der Waals surface area contributed by atoms with Gasteiger partial charge in [0.05, 0.1) is 31.5 Å². The number of methoxy groups -OCH3 is 1. The predicted molar refractivity (Wildman–Crippen MR) is 109 cm³/mol. The lowest BCUT2D eigenvalue weighted by Gasteiger charge is -2.12. The van der Waals surface area contributed by atoms with E-state index in [1.165, 1.54) is 0 Å². The first kappa shape index (κ1) is 19.5. The third-order valence-electron chi connectivity index (χ3n) is 4.51. The summed E-state index contributed by atoms with van der Waals surface area (Å²) in [6, 6.07) is 15.4. The third kappa shape index (κ3) is 4.17. The van der Waals surface area contributed by atoms with Crippen LogP contribution in [0.5, 0.6) is 11.5 Å². The average molecular weight is 379 g/mol. The van der Waals surface area contributed by atoms with Gasteiger partial charge >= 0.3 is 0 Å². The van der Waals surface area contributed by atoms with Gasteiger partial charge in [-0.15, -0.1) is 0 Å². The normalized spacial score (nSPS) is 10.6. The molecule has 1 amide bonds. The monoisotopic (exact) mass is 379 g/mol. The largest absolute Gasteiger partial charge is 0.493 e. The number of hydrogen-bond donors (Lipinski definition) is 1. The number of aromatic nitrogens is 2. The van der Waals surface area contributed by atoms with E-state index in [0.717, 1.165) is 11.3 Å². The van der Waals surface area contributed by atoms with Gasteiger partial charge in [-0.3, -0.25) is 9.48 Å². The van der Waals surface area contributed by atoms with E-state index in [4.69, 9.17) is 9.47 Å². The Labute approximate surface area is 165 Å². The molecule has 1 N–H and O–H groups in total. The SMILES string of the molecule is CCOc1ccc(NC(=O)c2c(C)nn(Cc3ccccc3)c2C)cc1OC. The first-order chi connectivity index (χ1) is 13.5. The van der Waals surface area contributed by atoms with Crippen LogP contribution in [0.4, 0.5) is 5.69 Å². The number of rotatable bonds is 7. The Hall–Kier alpha value is -3.28. The second-order valence-electron chi connectivity index (χ2n) is 6.44. The maximum absolute atomic E-state index is 12.9. The van der Waals surface area contributed by atoms with Gasteiger partial charge < -0.3 is 14.8 Å². The van der Waals surface area contributed by atoms with Crippen LogP contribution in [0.1, 0.15) is 34.2 Å². The average Bonchev–Trinajstić information content (AvgIpc) is 2.97. The summed E-state index contributed by atoms with van der Waals surface area (Å²) in [5, 5.41) is 7.48. The van der Waals surface area contributed by atoms with Gasteiger partial charge in [0, 0.05) is 17.4 Å². The lowest BCUT2D eigenvalue weighted by molar-refractivity contribution is 0.102. The molecule has 6 heteroatoms. The minimum absolute atomic E-state index is 0.194. The summed E-state index contributed by atoms with van der Waals surface area (Å²) in [7, 11) is 1.57. The van der Waals surface area contributed by atoms with E-state index in [1.807, 2.05) is 55.8 Å². The Morgan fingerprint density at radius 3 is 2.54 bits per heavy atom. The molecule has 3 rings (SSSR count). The van der Waals surface area contributed by atoms with Gasteiger partial charge in [0.15, 0.2) is 11.5 Å². The second kappa shape index (κ2) is 8.61. The summed E-state index contributed by atoms with van der Waals surface area (Å²) >= 11 is 0. The molecule has 0 saturated heterocycles. The van der Waals surface area contributed by atoms with Crippen LogP contribution in [0.3, 0.4) is 0 Å². The molecule has 0 radical (unpaired) electrons. The summed E-state index contributed by atoms with van der Waals surface area (Å²) in [6.07, 6.45) is 0. The number of nitrogens with zero attached hydrogens (tertiary/aromatic N) is 2. The van der Waals surface area contributed by atoms with Crippen molar-refractivity contribution in [2.75, 3.05) is 19.0 Å². The molecule has 0 unspecified atom stereocenters. The number of carbonyl (C=O) groups excluding carboxylic acids is 1. The lowest BCUT2D eigenvalue weighted by Crippen LogP contribution is -2.14. The van der Waals surface area contributed by atoms with Crippen LogP contribution >= 0.6 is 0 Å². The highest BCUT2D eigenvalue weighted by Crippen LogP contribution is 2.30. The molecule has 28 heavy (non-hydrogen) atoms. The Morgan fingerprint density at radius 2 is 1.86 bits per heavy atom. The number of carbonyl (C=O) groups is 1. The molecule has 146 valence electrons. The first-order valence-corrected chi connectivity index (χ1v) is 9.23. The summed E-state index contributed by atoms with van der Waals surface area (Å²) in [5.74, 6) is 1.03. The van der Waals surface area contributed by atoms with Crippen LogP contribution in [-0.2, 0) is 6.54 Å². The summed E-state index contributed by atoms with van der Waals surface area (Å²) in [6.45, 7) is 6.84. The van der Waals surface area contributed by atoms with Crippen molar-refractivity contribution < 1.29 is 14.3 Å². The van der Waals surface area contributed by atoms with Crippen molar-refractivity contribution >= 4 is 11.6 Å². The lowest BCUT2D eigenvalue weighted by atomic mass is 10.1. The summed E-state index contributed by atoms with van der Waals surface area (Å²) < 4.78 is 12.7. The Bertz CT molecular complexity index is 965. The van der Waals surface area contributed by atoms with E-state index in [-0.39, 0.29) is 5.91 Å². The molecule has 2 aromatic carbocycles. The van der Waals surface area contributed by atoms with E-state index in [9.17, 15) is 4.79 Å². The maximum Gasteiger partial charge on any atom is 0.259 e. The van der Waals surface area contributed by atoms with Gasteiger partial charge in [0.2, 0.25) is 0 Å². The first-order valence-electron chi connectivity index (χ1n) is 9.23.